The Balaban J connectivity index is 1.77. The van der Waals surface area contributed by atoms with Crippen LogP contribution >= 0.6 is 55.1 Å². The van der Waals surface area contributed by atoms with Gasteiger partial charge in [-0.25, -0.2) is 0 Å². The predicted octanol–water partition coefficient (Wildman–Crippen LogP) is 11.7. The van der Waals surface area contributed by atoms with Gasteiger partial charge in [0.25, 0.3) is 0 Å². The summed E-state index contributed by atoms with van der Waals surface area (Å²) >= 11 is 19.5. The van der Waals surface area contributed by atoms with Crippen LogP contribution in [0.15, 0.2) is 130 Å². The number of hydrogen-bond acceptors (Lipinski definition) is 3. The quantitative estimate of drug-likeness (QED) is 0.173. The Morgan fingerprint density at radius 3 is 1.90 bits per heavy atom. The largest absolute Gasteiger partial charge is 0.416 e. The molecule has 10 heteroatoms. The van der Waals surface area contributed by atoms with Crippen molar-refractivity contribution in [2.45, 2.75) is 35.4 Å². The Labute approximate surface area is 308 Å². The van der Waals surface area contributed by atoms with E-state index < -0.39 is 46.3 Å². The van der Waals surface area contributed by atoms with Crippen LogP contribution in [0.5, 0.6) is 0 Å². The average molecular weight is 828 g/mol. The van der Waals surface area contributed by atoms with Crippen molar-refractivity contribution in [3.63, 3.8) is 0 Å². The number of benzene rings is 5. The zero-order valence-electron chi connectivity index (χ0n) is 25.4. The smallest absolute Gasteiger partial charge is 0.384 e. The van der Waals surface area contributed by atoms with Crippen LogP contribution in [0.4, 0.5) is 13.2 Å². The Morgan fingerprint density at radius 2 is 1.33 bits per heavy atom. The lowest BCUT2D eigenvalue weighted by molar-refractivity contribution is -0.137. The summed E-state index contributed by atoms with van der Waals surface area (Å²) in [5, 5.41) is 25.6. The van der Waals surface area contributed by atoms with E-state index >= 15 is 4.79 Å². The van der Waals surface area contributed by atoms with Gasteiger partial charge in [0.05, 0.1) is 23.0 Å². The molecule has 248 valence electrons. The summed E-state index contributed by atoms with van der Waals surface area (Å²) in [5.74, 6) is -3.97. The van der Waals surface area contributed by atoms with Gasteiger partial charge in [-0.3, -0.25) is 4.79 Å². The molecule has 0 heterocycles. The van der Waals surface area contributed by atoms with E-state index in [1.54, 1.807) is 97.1 Å². The highest BCUT2D eigenvalue weighted by Crippen LogP contribution is 2.64. The maximum atomic E-state index is 15.1. The van der Waals surface area contributed by atoms with E-state index in [1.807, 2.05) is 0 Å². The van der Waals surface area contributed by atoms with Gasteiger partial charge in [-0.05, 0) is 95.4 Å². The minimum atomic E-state index is -4.71. The van der Waals surface area contributed by atoms with E-state index in [0.29, 0.717) is 35.7 Å². The zero-order chi connectivity index (χ0) is 35.1. The summed E-state index contributed by atoms with van der Waals surface area (Å²) in [6, 6.07) is 34.1. The lowest BCUT2D eigenvalue weighted by atomic mass is 9.46. The van der Waals surface area contributed by atoms with Crippen LogP contribution in [0.3, 0.4) is 0 Å². The van der Waals surface area contributed by atoms with Crippen LogP contribution < -0.4 is 0 Å². The average Bonchev–Trinajstić information content (AvgIpc) is 3.08. The van der Waals surface area contributed by atoms with Crippen molar-refractivity contribution in [2.24, 2.45) is 5.92 Å². The first kappa shape index (κ1) is 35.4. The van der Waals surface area contributed by atoms with Crippen molar-refractivity contribution in [2.75, 3.05) is 0 Å². The molecule has 1 aliphatic carbocycles. The summed E-state index contributed by atoms with van der Waals surface area (Å²) in [6.07, 6.45) is -4.90. The molecule has 0 bridgehead atoms. The molecule has 5 aromatic carbocycles. The number of rotatable bonds is 6. The van der Waals surface area contributed by atoms with Gasteiger partial charge in [-0.2, -0.15) is 18.4 Å². The highest BCUT2D eigenvalue weighted by molar-refractivity contribution is 9.10. The molecule has 1 fully saturated rings. The molecule has 3 nitrogen and oxygen atoms in total. The number of carbonyl (C=O) groups excluding carboxylic acids is 1. The Kier molecular flexibility index (Phi) is 9.89. The van der Waals surface area contributed by atoms with Crippen molar-refractivity contribution >= 4 is 60.8 Å². The van der Waals surface area contributed by atoms with Gasteiger partial charge in [0.2, 0.25) is 0 Å². The second kappa shape index (κ2) is 13.7. The molecule has 49 heavy (non-hydrogen) atoms. The number of halogens is 7. The molecule has 0 spiro atoms. The SMILES string of the molecule is N#C[C@]1(c2cccc(C(F)(F)F)c2)[C@@H](c2cccc(Br)c2)C[C@](O)(c2ccc(Cl)cc2)[C@H](C(=O)c2ccc(Cl)cc2)[C@@H]1c1cccc(Br)c1. The number of nitriles is 1. The molecular formula is C39H26Br2Cl2F3NO2. The van der Waals surface area contributed by atoms with Gasteiger partial charge in [0.1, 0.15) is 5.60 Å². The minimum absolute atomic E-state index is 0.0758. The molecule has 0 radical (unpaired) electrons. The van der Waals surface area contributed by atoms with E-state index in [4.69, 9.17) is 23.2 Å². The topological polar surface area (TPSA) is 61.1 Å². The van der Waals surface area contributed by atoms with E-state index in [0.717, 1.165) is 12.1 Å². The third kappa shape index (κ3) is 6.60. The predicted molar refractivity (Wildman–Crippen MR) is 192 cm³/mol. The third-order valence-corrected chi connectivity index (χ3v) is 11.0. The van der Waals surface area contributed by atoms with Crippen molar-refractivity contribution < 1.29 is 23.1 Å². The fourth-order valence-electron chi connectivity index (χ4n) is 7.36. The van der Waals surface area contributed by atoms with E-state index in [1.165, 1.54) is 12.1 Å². The highest BCUT2D eigenvalue weighted by Gasteiger charge is 2.64. The minimum Gasteiger partial charge on any atom is -0.384 e. The number of alkyl halides is 3. The van der Waals surface area contributed by atoms with Crippen LogP contribution in [0.25, 0.3) is 0 Å². The van der Waals surface area contributed by atoms with Crippen LogP contribution in [-0.4, -0.2) is 10.9 Å². The number of hydrogen-bond donors (Lipinski definition) is 1. The van der Waals surface area contributed by atoms with Crippen molar-refractivity contribution in [1.29, 1.82) is 5.26 Å². The first-order chi connectivity index (χ1) is 23.3. The lowest BCUT2D eigenvalue weighted by Crippen LogP contribution is -2.58. The maximum Gasteiger partial charge on any atom is 0.416 e. The molecule has 6 rings (SSSR count). The Morgan fingerprint density at radius 1 is 0.776 bits per heavy atom. The van der Waals surface area contributed by atoms with Crippen LogP contribution in [-0.2, 0) is 17.2 Å². The van der Waals surface area contributed by atoms with Gasteiger partial charge in [-0.15, -0.1) is 0 Å². The maximum absolute atomic E-state index is 15.1. The number of ketones is 1. The summed E-state index contributed by atoms with van der Waals surface area (Å²) < 4.78 is 44.3. The molecule has 0 unspecified atom stereocenters. The summed E-state index contributed by atoms with van der Waals surface area (Å²) in [7, 11) is 0. The molecule has 1 saturated carbocycles. The van der Waals surface area contributed by atoms with Gasteiger partial charge in [0.15, 0.2) is 5.78 Å². The molecule has 5 atom stereocenters. The second-order valence-corrected chi connectivity index (χ2v) is 14.9. The first-order valence-corrected chi connectivity index (χ1v) is 17.5. The molecule has 5 aromatic rings. The second-order valence-electron chi connectivity index (χ2n) is 12.2. The van der Waals surface area contributed by atoms with E-state index in [9.17, 15) is 23.5 Å². The zero-order valence-corrected chi connectivity index (χ0v) is 30.1. The summed E-state index contributed by atoms with van der Waals surface area (Å²) in [4.78, 5) is 15.1. The summed E-state index contributed by atoms with van der Waals surface area (Å²) in [6.45, 7) is 0. The van der Waals surface area contributed by atoms with Crippen molar-refractivity contribution in [1.82, 2.24) is 0 Å². The number of aliphatic hydroxyl groups is 1. The lowest BCUT2D eigenvalue weighted by Gasteiger charge is -2.56. The van der Waals surface area contributed by atoms with Gasteiger partial charge in [-0.1, -0.05) is 110 Å². The van der Waals surface area contributed by atoms with Crippen LogP contribution in [0.2, 0.25) is 10.0 Å². The Hall–Kier alpha value is -3.45. The number of nitrogens with zero attached hydrogens (tertiary/aromatic N) is 1. The molecule has 0 aliphatic heterocycles. The molecule has 0 aromatic heterocycles. The first-order valence-electron chi connectivity index (χ1n) is 15.2. The molecular weight excluding hydrogens is 802 g/mol. The van der Waals surface area contributed by atoms with Gasteiger partial charge in [0, 0.05) is 36.4 Å². The third-order valence-electron chi connectivity index (χ3n) is 9.47. The standard InChI is InChI=1S/C39H26Br2Cl2F3NO2/c40-29-8-1-4-24(18-29)33-21-38(49,26-12-16-32(43)17-13-26)35(36(48)23-10-14-31(42)15-11-23)34(25-5-2-9-30(41)19-25)37(33,22-47)27-6-3-7-28(20-27)39(44,45)46/h1-20,33-35,49H,21H2/t33-,34+,35+,37+,38+/m1/s1. The molecule has 1 N–H and O–H groups in total. The van der Waals surface area contributed by atoms with Crippen LogP contribution in [0.1, 0.15) is 56.4 Å². The van der Waals surface area contributed by atoms with Gasteiger partial charge >= 0.3 is 6.18 Å². The van der Waals surface area contributed by atoms with Gasteiger partial charge < -0.3 is 5.11 Å². The number of Topliss-reactive ketones (excluding diaryl/α,β-unsaturated/α-hetero) is 1. The normalized spacial score (nSPS) is 23.9. The van der Waals surface area contributed by atoms with E-state index in [-0.39, 0.29) is 17.5 Å². The van der Waals surface area contributed by atoms with Crippen molar-refractivity contribution in [3.8, 4) is 6.07 Å². The fourth-order valence-corrected chi connectivity index (χ4v) is 8.44. The van der Waals surface area contributed by atoms with Crippen LogP contribution in [0, 0.1) is 17.2 Å². The fraction of sp³-hybridized carbons (Fsp3) is 0.179. The highest BCUT2D eigenvalue weighted by atomic mass is 79.9. The molecule has 1 aliphatic rings. The van der Waals surface area contributed by atoms with Crippen molar-refractivity contribution in [3.05, 3.63) is 174 Å². The molecule has 0 amide bonds. The molecule has 0 saturated heterocycles. The number of carbonyl (C=O) groups is 1. The summed E-state index contributed by atoms with van der Waals surface area (Å²) in [5.41, 5.74) is -2.94. The Bertz CT molecular complexity index is 2070. The van der Waals surface area contributed by atoms with E-state index in [2.05, 4.69) is 37.9 Å². The monoisotopic (exact) mass is 825 g/mol.